The van der Waals surface area contributed by atoms with E-state index in [1.54, 1.807) is 6.26 Å². The number of aryl methyl sites for hydroxylation is 1. The monoisotopic (exact) mass is 361 g/mol. The summed E-state index contributed by atoms with van der Waals surface area (Å²) in [6.07, 6.45) is 11.6. The van der Waals surface area contributed by atoms with E-state index in [1.165, 1.54) is 38.6 Å². The lowest BCUT2D eigenvalue weighted by Gasteiger charge is -2.29. The lowest BCUT2D eigenvalue weighted by atomic mass is 9.89. The van der Waals surface area contributed by atoms with Crippen molar-refractivity contribution in [2.24, 2.45) is 5.92 Å². The van der Waals surface area contributed by atoms with Crippen molar-refractivity contribution in [2.45, 2.75) is 64.3 Å². The molecule has 1 saturated carbocycles. The fourth-order valence-corrected chi connectivity index (χ4v) is 4.28. The summed E-state index contributed by atoms with van der Waals surface area (Å²) in [5.41, 5.74) is 0. The van der Waals surface area contributed by atoms with Crippen molar-refractivity contribution in [2.75, 3.05) is 32.7 Å². The van der Waals surface area contributed by atoms with E-state index in [0.29, 0.717) is 0 Å². The first-order valence-corrected chi connectivity index (χ1v) is 10.5. The van der Waals surface area contributed by atoms with Crippen LogP contribution in [0.4, 0.5) is 4.79 Å². The Labute approximate surface area is 158 Å². The van der Waals surface area contributed by atoms with Crippen molar-refractivity contribution < 1.29 is 9.21 Å². The number of urea groups is 1. The second kappa shape index (κ2) is 10.0. The Balaban J connectivity index is 1.37. The molecule has 26 heavy (non-hydrogen) atoms. The van der Waals surface area contributed by atoms with Crippen molar-refractivity contribution >= 4 is 6.03 Å². The number of carbonyl (C=O) groups excluding carboxylic acids is 1. The first kappa shape index (κ1) is 19.3. The number of nitrogens with one attached hydrogen (secondary N) is 1. The van der Waals surface area contributed by atoms with Crippen LogP contribution >= 0.6 is 0 Å². The Morgan fingerprint density at radius 2 is 2.04 bits per heavy atom. The van der Waals surface area contributed by atoms with Gasteiger partial charge in [-0.1, -0.05) is 19.3 Å². The van der Waals surface area contributed by atoms with Crippen LogP contribution in [-0.4, -0.2) is 54.6 Å². The predicted octanol–water partition coefficient (Wildman–Crippen LogP) is 3.90. The molecule has 0 bridgehead atoms. The highest BCUT2D eigenvalue weighted by molar-refractivity contribution is 5.74. The van der Waals surface area contributed by atoms with Gasteiger partial charge in [-0.15, -0.1) is 0 Å². The van der Waals surface area contributed by atoms with Crippen molar-refractivity contribution in [3.8, 4) is 0 Å². The summed E-state index contributed by atoms with van der Waals surface area (Å²) in [5, 5.41) is 3.16. The van der Waals surface area contributed by atoms with Gasteiger partial charge >= 0.3 is 6.03 Å². The number of nitrogens with zero attached hydrogens (tertiary/aromatic N) is 2. The van der Waals surface area contributed by atoms with Crippen LogP contribution in [-0.2, 0) is 6.42 Å². The molecule has 0 aromatic carbocycles. The molecule has 1 aliphatic heterocycles. The third kappa shape index (κ3) is 6.04. The summed E-state index contributed by atoms with van der Waals surface area (Å²) >= 11 is 0. The van der Waals surface area contributed by atoms with Crippen LogP contribution in [0.2, 0.25) is 0 Å². The molecule has 1 aromatic rings. The fourth-order valence-electron chi connectivity index (χ4n) is 4.28. The summed E-state index contributed by atoms with van der Waals surface area (Å²) in [6.45, 7) is 7.18. The average Bonchev–Trinajstić information content (AvgIpc) is 3.06. The van der Waals surface area contributed by atoms with E-state index in [-0.39, 0.29) is 12.1 Å². The summed E-state index contributed by atoms with van der Waals surface area (Å²) in [5.74, 6) is 1.87. The summed E-state index contributed by atoms with van der Waals surface area (Å²) in [6, 6.07) is 4.16. The highest BCUT2D eigenvalue weighted by Gasteiger charge is 2.22. The van der Waals surface area contributed by atoms with Crippen LogP contribution in [0.25, 0.3) is 0 Å². The molecule has 2 heterocycles. The topological polar surface area (TPSA) is 48.7 Å². The zero-order valence-corrected chi connectivity index (χ0v) is 16.3. The van der Waals surface area contributed by atoms with Crippen molar-refractivity contribution in [3.63, 3.8) is 0 Å². The van der Waals surface area contributed by atoms with Crippen molar-refractivity contribution in [1.29, 1.82) is 0 Å². The van der Waals surface area contributed by atoms with E-state index < -0.39 is 0 Å². The van der Waals surface area contributed by atoms with Gasteiger partial charge in [-0.25, -0.2) is 4.79 Å². The molecule has 1 unspecified atom stereocenters. The minimum Gasteiger partial charge on any atom is -0.469 e. The Morgan fingerprint density at radius 1 is 1.19 bits per heavy atom. The van der Waals surface area contributed by atoms with Crippen LogP contribution in [0.3, 0.4) is 0 Å². The molecule has 1 atom stereocenters. The van der Waals surface area contributed by atoms with Gasteiger partial charge in [-0.05, 0) is 57.2 Å². The first-order chi connectivity index (χ1) is 12.7. The van der Waals surface area contributed by atoms with E-state index in [9.17, 15) is 4.79 Å². The maximum atomic E-state index is 12.6. The number of furan rings is 1. The predicted molar refractivity (Wildman–Crippen MR) is 104 cm³/mol. The third-order valence-electron chi connectivity index (χ3n) is 5.89. The van der Waals surface area contributed by atoms with E-state index in [4.69, 9.17) is 4.42 Å². The van der Waals surface area contributed by atoms with Crippen molar-refractivity contribution in [3.05, 3.63) is 24.2 Å². The van der Waals surface area contributed by atoms with Gasteiger partial charge in [0.05, 0.1) is 6.26 Å². The molecule has 2 aliphatic rings. The lowest BCUT2D eigenvalue weighted by molar-refractivity contribution is 0.187. The molecule has 1 aromatic heterocycles. The van der Waals surface area contributed by atoms with Gasteiger partial charge in [0.15, 0.2) is 0 Å². The van der Waals surface area contributed by atoms with Gasteiger partial charge in [0, 0.05) is 38.6 Å². The molecule has 5 heteroatoms. The fraction of sp³-hybridized carbons (Fsp3) is 0.762. The number of rotatable bonds is 6. The quantitative estimate of drug-likeness (QED) is 0.836. The second-order valence-corrected chi connectivity index (χ2v) is 8.11. The number of hydrogen-bond donors (Lipinski definition) is 1. The molecule has 0 radical (unpaired) electrons. The second-order valence-electron chi connectivity index (χ2n) is 8.11. The molecule has 1 aliphatic carbocycles. The highest BCUT2D eigenvalue weighted by atomic mass is 16.3. The largest absolute Gasteiger partial charge is 0.469 e. The minimum absolute atomic E-state index is 0.0939. The molecule has 3 rings (SSSR count). The molecule has 1 N–H and O–H groups in total. The standard InChI is InChI=1S/C21H35N3O2/c1-18(10-11-20-9-5-16-26-20)22-21(25)24-13-6-12-23(14-15-24)17-19-7-3-2-4-8-19/h5,9,16,18-19H,2-4,6-8,10-15,17H2,1H3,(H,22,25). The van der Waals surface area contributed by atoms with Gasteiger partial charge < -0.3 is 19.5 Å². The Kier molecular flexibility index (Phi) is 7.42. The maximum absolute atomic E-state index is 12.6. The van der Waals surface area contributed by atoms with Gasteiger partial charge in [-0.3, -0.25) is 0 Å². The maximum Gasteiger partial charge on any atom is 0.317 e. The van der Waals surface area contributed by atoms with Gasteiger partial charge in [0.25, 0.3) is 0 Å². The first-order valence-electron chi connectivity index (χ1n) is 10.5. The molecule has 146 valence electrons. The molecule has 2 amide bonds. The average molecular weight is 362 g/mol. The molecule has 1 saturated heterocycles. The zero-order chi connectivity index (χ0) is 18.2. The third-order valence-corrected chi connectivity index (χ3v) is 5.89. The van der Waals surface area contributed by atoms with Crippen LogP contribution in [0.1, 0.15) is 57.6 Å². The molecule has 5 nitrogen and oxygen atoms in total. The van der Waals surface area contributed by atoms with Crippen LogP contribution in [0, 0.1) is 5.92 Å². The lowest BCUT2D eigenvalue weighted by Crippen LogP contribution is -2.45. The summed E-state index contributed by atoms with van der Waals surface area (Å²) in [4.78, 5) is 17.2. The van der Waals surface area contributed by atoms with Gasteiger partial charge in [0.2, 0.25) is 0 Å². The highest BCUT2D eigenvalue weighted by Crippen LogP contribution is 2.24. The van der Waals surface area contributed by atoms with E-state index in [0.717, 1.165) is 57.1 Å². The van der Waals surface area contributed by atoms with E-state index in [2.05, 4.69) is 17.1 Å². The Bertz CT molecular complexity index is 525. The van der Waals surface area contributed by atoms with E-state index in [1.807, 2.05) is 17.0 Å². The normalized spacial score (nSPS) is 21.3. The van der Waals surface area contributed by atoms with Crippen LogP contribution in [0.15, 0.2) is 22.8 Å². The molecule has 0 spiro atoms. The van der Waals surface area contributed by atoms with E-state index >= 15 is 0 Å². The summed E-state index contributed by atoms with van der Waals surface area (Å²) < 4.78 is 5.37. The molecule has 2 fully saturated rings. The SMILES string of the molecule is CC(CCc1ccco1)NC(=O)N1CCCN(CC2CCCCC2)CC1. The van der Waals surface area contributed by atoms with Crippen LogP contribution in [0.5, 0.6) is 0 Å². The summed E-state index contributed by atoms with van der Waals surface area (Å²) in [7, 11) is 0. The van der Waals surface area contributed by atoms with Gasteiger partial charge in [0.1, 0.15) is 5.76 Å². The molecular formula is C21H35N3O2. The zero-order valence-electron chi connectivity index (χ0n) is 16.3. The number of hydrogen-bond acceptors (Lipinski definition) is 3. The smallest absolute Gasteiger partial charge is 0.317 e. The minimum atomic E-state index is 0.0939. The van der Waals surface area contributed by atoms with Crippen LogP contribution < -0.4 is 5.32 Å². The number of amides is 2. The Hall–Kier alpha value is -1.49. The van der Waals surface area contributed by atoms with Gasteiger partial charge in [-0.2, -0.15) is 0 Å². The molecular weight excluding hydrogens is 326 g/mol. The number of carbonyl (C=O) groups is 1. The Morgan fingerprint density at radius 3 is 2.81 bits per heavy atom. The van der Waals surface area contributed by atoms with Crippen molar-refractivity contribution in [1.82, 2.24) is 15.1 Å².